The minimum absolute atomic E-state index is 0.241. The Kier molecular flexibility index (Phi) is 8.73. The molecular formula is C26H31Cl2N3O3. The molecule has 1 aliphatic rings. The summed E-state index contributed by atoms with van der Waals surface area (Å²) in [5.41, 5.74) is 0.385. The number of benzene rings is 2. The van der Waals surface area contributed by atoms with Crippen LogP contribution in [0.4, 0.5) is 0 Å². The number of halogens is 2. The van der Waals surface area contributed by atoms with Gasteiger partial charge in [-0.2, -0.15) is 5.10 Å². The van der Waals surface area contributed by atoms with Gasteiger partial charge < -0.3 is 14.6 Å². The van der Waals surface area contributed by atoms with Crippen molar-refractivity contribution < 1.29 is 14.6 Å². The molecule has 1 N–H and O–H groups in total. The second kappa shape index (κ2) is 11.9. The molecule has 2 heterocycles. The molecule has 1 aliphatic heterocycles. The molecule has 1 aromatic heterocycles. The lowest BCUT2D eigenvalue weighted by Crippen LogP contribution is -2.37. The van der Waals surface area contributed by atoms with Gasteiger partial charge in [-0.15, -0.1) is 0 Å². The van der Waals surface area contributed by atoms with Crippen molar-refractivity contribution in [3.8, 4) is 11.5 Å². The lowest BCUT2D eigenvalue weighted by molar-refractivity contribution is -0.0168. The number of rotatable bonds is 10. The Balaban J connectivity index is 1.20. The number of aryl methyl sites for hydroxylation is 1. The first kappa shape index (κ1) is 24.9. The maximum atomic E-state index is 11.1. The summed E-state index contributed by atoms with van der Waals surface area (Å²) in [6.45, 7) is 4.36. The van der Waals surface area contributed by atoms with Crippen LogP contribution in [0.2, 0.25) is 10.0 Å². The van der Waals surface area contributed by atoms with Gasteiger partial charge in [0.15, 0.2) is 0 Å². The van der Waals surface area contributed by atoms with Gasteiger partial charge in [0.1, 0.15) is 18.1 Å². The average molecular weight is 504 g/mol. The van der Waals surface area contributed by atoms with Crippen LogP contribution in [0.5, 0.6) is 11.5 Å². The zero-order valence-electron chi connectivity index (χ0n) is 19.2. The van der Waals surface area contributed by atoms with Crippen LogP contribution < -0.4 is 9.47 Å². The fourth-order valence-electron chi connectivity index (χ4n) is 4.12. The SMILES string of the molecule is OC1(COc2ccc(Cl)c(Cl)c2)CCCN(Cc2ccc(OCCCn3cccn3)cc2)CC1. The van der Waals surface area contributed by atoms with Gasteiger partial charge in [0, 0.05) is 44.5 Å². The van der Waals surface area contributed by atoms with Gasteiger partial charge in [-0.25, -0.2) is 0 Å². The third kappa shape index (κ3) is 7.37. The number of aliphatic hydroxyl groups is 1. The summed E-state index contributed by atoms with van der Waals surface area (Å²) in [6.07, 6.45) is 6.94. The molecule has 1 atom stereocenters. The molecule has 4 rings (SSSR count). The minimum Gasteiger partial charge on any atom is -0.494 e. The Morgan fingerprint density at radius 3 is 2.56 bits per heavy atom. The van der Waals surface area contributed by atoms with Gasteiger partial charge in [0.2, 0.25) is 0 Å². The Morgan fingerprint density at radius 1 is 0.971 bits per heavy atom. The van der Waals surface area contributed by atoms with E-state index in [1.54, 1.807) is 24.4 Å². The van der Waals surface area contributed by atoms with Gasteiger partial charge in [-0.1, -0.05) is 35.3 Å². The Morgan fingerprint density at radius 2 is 1.79 bits per heavy atom. The number of nitrogens with zero attached hydrogens (tertiary/aromatic N) is 3. The van der Waals surface area contributed by atoms with Crippen LogP contribution in [0.3, 0.4) is 0 Å². The van der Waals surface area contributed by atoms with E-state index in [-0.39, 0.29) is 6.61 Å². The molecule has 34 heavy (non-hydrogen) atoms. The summed E-state index contributed by atoms with van der Waals surface area (Å²) in [5.74, 6) is 1.50. The molecule has 1 unspecified atom stereocenters. The fourth-order valence-corrected chi connectivity index (χ4v) is 4.41. The smallest absolute Gasteiger partial charge is 0.121 e. The topological polar surface area (TPSA) is 59.8 Å². The molecule has 182 valence electrons. The van der Waals surface area contributed by atoms with Gasteiger partial charge in [0.05, 0.1) is 22.3 Å². The number of hydrogen-bond donors (Lipinski definition) is 1. The monoisotopic (exact) mass is 503 g/mol. The van der Waals surface area contributed by atoms with Crippen molar-refractivity contribution in [3.05, 3.63) is 76.5 Å². The number of hydrogen-bond acceptors (Lipinski definition) is 5. The molecule has 2 aromatic carbocycles. The van der Waals surface area contributed by atoms with Gasteiger partial charge >= 0.3 is 0 Å². The summed E-state index contributed by atoms with van der Waals surface area (Å²) in [5, 5.41) is 16.2. The standard InChI is InChI=1S/C26H31Cl2N3O3/c27-24-9-8-23(18-25(24)28)34-20-26(32)10-1-13-30(16-11-26)19-21-4-6-22(7-5-21)33-17-3-15-31-14-2-12-29-31/h2,4-9,12,14,18,32H,1,3,10-11,13,15-17,19-20H2. The summed E-state index contributed by atoms with van der Waals surface area (Å²) < 4.78 is 13.6. The molecule has 1 fully saturated rings. The van der Waals surface area contributed by atoms with Crippen LogP contribution in [-0.2, 0) is 13.1 Å². The van der Waals surface area contributed by atoms with E-state index in [4.69, 9.17) is 32.7 Å². The van der Waals surface area contributed by atoms with Crippen LogP contribution in [0, 0.1) is 0 Å². The average Bonchev–Trinajstić information content (AvgIpc) is 3.29. The van der Waals surface area contributed by atoms with E-state index < -0.39 is 5.60 Å². The van der Waals surface area contributed by atoms with E-state index in [2.05, 4.69) is 22.1 Å². The second-order valence-corrected chi connectivity index (χ2v) is 9.65. The van der Waals surface area contributed by atoms with Crippen molar-refractivity contribution in [1.82, 2.24) is 14.7 Å². The van der Waals surface area contributed by atoms with Crippen LogP contribution in [-0.4, -0.2) is 51.7 Å². The van der Waals surface area contributed by atoms with E-state index in [0.717, 1.165) is 44.8 Å². The van der Waals surface area contributed by atoms with Crippen molar-refractivity contribution in [2.75, 3.05) is 26.3 Å². The highest BCUT2D eigenvalue weighted by atomic mass is 35.5. The van der Waals surface area contributed by atoms with Crippen molar-refractivity contribution in [2.24, 2.45) is 0 Å². The highest BCUT2D eigenvalue weighted by Gasteiger charge is 2.31. The van der Waals surface area contributed by atoms with Crippen LogP contribution in [0.15, 0.2) is 60.9 Å². The first-order valence-corrected chi connectivity index (χ1v) is 12.5. The molecule has 0 aliphatic carbocycles. The summed E-state index contributed by atoms with van der Waals surface area (Å²) in [6, 6.07) is 15.4. The predicted octanol–water partition coefficient (Wildman–Crippen LogP) is 5.46. The molecule has 1 saturated heterocycles. The Labute approximate surface area is 211 Å². The van der Waals surface area contributed by atoms with E-state index >= 15 is 0 Å². The van der Waals surface area contributed by atoms with E-state index in [1.165, 1.54) is 5.56 Å². The van der Waals surface area contributed by atoms with E-state index in [0.29, 0.717) is 35.2 Å². The molecule has 0 radical (unpaired) electrons. The maximum absolute atomic E-state index is 11.1. The molecule has 3 aromatic rings. The van der Waals surface area contributed by atoms with E-state index in [1.807, 2.05) is 29.1 Å². The predicted molar refractivity (Wildman–Crippen MR) is 135 cm³/mol. The highest BCUT2D eigenvalue weighted by molar-refractivity contribution is 6.42. The zero-order valence-corrected chi connectivity index (χ0v) is 20.7. The van der Waals surface area contributed by atoms with Crippen molar-refractivity contribution in [2.45, 2.75) is 44.4 Å². The van der Waals surface area contributed by atoms with Crippen molar-refractivity contribution >= 4 is 23.2 Å². The zero-order chi connectivity index (χ0) is 23.8. The number of ether oxygens (including phenoxy) is 2. The van der Waals surface area contributed by atoms with Crippen LogP contribution in [0.25, 0.3) is 0 Å². The number of likely N-dealkylation sites (tertiary alicyclic amines) is 1. The lowest BCUT2D eigenvalue weighted by Gasteiger charge is -2.27. The van der Waals surface area contributed by atoms with Crippen molar-refractivity contribution in [3.63, 3.8) is 0 Å². The summed E-state index contributed by atoms with van der Waals surface area (Å²) in [7, 11) is 0. The molecule has 0 amide bonds. The molecule has 0 spiro atoms. The van der Waals surface area contributed by atoms with Gasteiger partial charge in [-0.3, -0.25) is 9.58 Å². The largest absolute Gasteiger partial charge is 0.494 e. The first-order chi connectivity index (χ1) is 16.5. The van der Waals surface area contributed by atoms with Crippen LogP contribution in [0.1, 0.15) is 31.2 Å². The van der Waals surface area contributed by atoms with Gasteiger partial charge in [-0.05, 0) is 61.7 Å². The highest BCUT2D eigenvalue weighted by Crippen LogP contribution is 2.29. The summed E-state index contributed by atoms with van der Waals surface area (Å²) in [4.78, 5) is 2.39. The van der Waals surface area contributed by atoms with Gasteiger partial charge in [0.25, 0.3) is 0 Å². The van der Waals surface area contributed by atoms with Crippen molar-refractivity contribution in [1.29, 1.82) is 0 Å². The lowest BCUT2D eigenvalue weighted by atomic mass is 9.96. The molecule has 0 saturated carbocycles. The normalized spacial score (nSPS) is 19.0. The summed E-state index contributed by atoms with van der Waals surface area (Å²) >= 11 is 12.0. The quantitative estimate of drug-likeness (QED) is 0.372. The Hall–Kier alpha value is -2.25. The first-order valence-electron chi connectivity index (χ1n) is 11.7. The van der Waals surface area contributed by atoms with E-state index in [9.17, 15) is 5.11 Å². The third-order valence-corrected chi connectivity index (χ3v) is 6.84. The third-order valence-electron chi connectivity index (χ3n) is 6.10. The maximum Gasteiger partial charge on any atom is 0.121 e. The second-order valence-electron chi connectivity index (χ2n) is 8.83. The minimum atomic E-state index is -0.852. The molecule has 8 heteroatoms. The van der Waals surface area contributed by atoms with Crippen LogP contribution >= 0.6 is 23.2 Å². The molecular weight excluding hydrogens is 473 g/mol. The Bertz CT molecular complexity index is 1030. The number of aromatic nitrogens is 2. The fraction of sp³-hybridized carbons (Fsp3) is 0.423. The molecule has 0 bridgehead atoms. The molecule has 6 nitrogen and oxygen atoms in total.